The van der Waals surface area contributed by atoms with Crippen molar-refractivity contribution in [3.05, 3.63) is 23.8 Å². The fourth-order valence-corrected chi connectivity index (χ4v) is 4.06. The van der Waals surface area contributed by atoms with Crippen LogP contribution < -0.4 is 14.8 Å². The Hall–Kier alpha value is -1.40. The summed E-state index contributed by atoms with van der Waals surface area (Å²) in [5.41, 5.74) is 1.31. The smallest absolute Gasteiger partial charge is 0.387 e. The van der Waals surface area contributed by atoms with Crippen molar-refractivity contribution in [2.24, 2.45) is 0 Å². The van der Waals surface area contributed by atoms with Gasteiger partial charge < -0.3 is 14.8 Å². The Morgan fingerprint density at radius 2 is 2.00 bits per heavy atom. The normalized spacial score (nSPS) is 21.2. The highest BCUT2D eigenvalue weighted by Gasteiger charge is 2.39. The van der Waals surface area contributed by atoms with Crippen LogP contribution in [-0.2, 0) is 6.54 Å². The summed E-state index contributed by atoms with van der Waals surface area (Å²) >= 11 is 0. The molecule has 6 heteroatoms. The molecule has 1 aliphatic carbocycles. The zero-order chi connectivity index (χ0) is 17.0. The molecule has 1 aromatic rings. The van der Waals surface area contributed by atoms with Crippen molar-refractivity contribution in [3.63, 3.8) is 0 Å². The molecule has 134 valence electrons. The van der Waals surface area contributed by atoms with E-state index in [2.05, 4.69) is 15.0 Å². The molecule has 0 radical (unpaired) electrons. The predicted molar refractivity (Wildman–Crippen MR) is 88.7 cm³/mol. The summed E-state index contributed by atoms with van der Waals surface area (Å²) in [5.74, 6) is 0.449. The third-order valence-electron chi connectivity index (χ3n) is 5.29. The van der Waals surface area contributed by atoms with Crippen LogP contribution in [0.4, 0.5) is 8.78 Å². The Morgan fingerprint density at radius 3 is 2.71 bits per heavy atom. The van der Waals surface area contributed by atoms with Gasteiger partial charge >= 0.3 is 6.61 Å². The van der Waals surface area contributed by atoms with E-state index >= 15 is 0 Å². The lowest BCUT2D eigenvalue weighted by molar-refractivity contribution is -0.0512. The van der Waals surface area contributed by atoms with E-state index in [-0.39, 0.29) is 11.3 Å². The van der Waals surface area contributed by atoms with Gasteiger partial charge in [0.1, 0.15) is 0 Å². The van der Waals surface area contributed by atoms with Gasteiger partial charge in [0.2, 0.25) is 0 Å². The van der Waals surface area contributed by atoms with Gasteiger partial charge in [0.25, 0.3) is 0 Å². The first-order chi connectivity index (χ1) is 11.6. The fraction of sp³-hybridized carbons (Fsp3) is 0.667. The molecule has 0 amide bonds. The minimum absolute atomic E-state index is 0.0870. The van der Waals surface area contributed by atoms with Crippen LogP contribution in [0.2, 0.25) is 0 Å². The molecular formula is C18H26F2N2O2. The lowest BCUT2D eigenvalue weighted by Gasteiger charge is -2.50. The summed E-state index contributed by atoms with van der Waals surface area (Å²) in [6, 6.07) is 5.26. The summed E-state index contributed by atoms with van der Waals surface area (Å²) in [4.78, 5) is 2.56. The third-order valence-corrected chi connectivity index (χ3v) is 5.29. The number of halogens is 2. The van der Waals surface area contributed by atoms with Crippen LogP contribution in [0, 0.1) is 0 Å². The van der Waals surface area contributed by atoms with E-state index in [4.69, 9.17) is 4.74 Å². The van der Waals surface area contributed by atoms with Gasteiger partial charge in [-0.15, -0.1) is 0 Å². The molecule has 4 nitrogen and oxygen atoms in total. The lowest BCUT2D eigenvalue weighted by Crippen LogP contribution is -2.61. The standard InChI is InChI=1S/C18H26F2N2O2/c1-23-16-11-14(5-6-15(16)24-17(19)20)12-22-10-9-21-13-18(22)7-3-2-4-8-18/h5-6,11,17,21H,2-4,7-10,12-13H2,1H3. The maximum atomic E-state index is 12.5. The van der Waals surface area contributed by atoms with Crippen molar-refractivity contribution in [2.75, 3.05) is 26.7 Å². The summed E-state index contributed by atoms with van der Waals surface area (Å²) in [7, 11) is 1.48. The van der Waals surface area contributed by atoms with Crippen molar-refractivity contribution in [2.45, 2.75) is 50.8 Å². The van der Waals surface area contributed by atoms with E-state index in [0.717, 1.165) is 31.7 Å². The van der Waals surface area contributed by atoms with E-state index in [0.29, 0.717) is 5.75 Å². The highest BCUT2D eigenvalue weighted by atomic mass is 19.3. The van der Waals surface area contributed by atoms with Crippen LogP contribution in [0.15, 0.2) is 18.2 Å². The summed E-state index contributed by atoms with van der Waals surface area (Å²) in [5, 5.41) is 3.54. The molecule has 0 unspecified atom stereocenters. The molecule has 1 aromatic carbocycles. The summed E-state index contributed by atoms with van der Waals surface area (Å²) in [6.45, 7) is 1.01. The first-order valence-electron chi connectivity index (χ1n) is 8.70. The lowest BCUT2D eigenvalue weighted by atomic mass is 9.79. The molecule has 1 N–H and O–H groups in total. The maximum absolute atomic E-state index is 12.5. The number of alkyl halides is 2. The van der Waals surface area contributed by atoms with Gasteiger partial charge in [-0.3, -0.25) is 4.90 Å². The Labute approximate surface area is 142 Å². The van der Waals surface area contributed by atoms with Gasteiger partial charge in [-0.2, -0.15) is 8.78 Å². The monoisotopic (exact) mass is 340 g/mol. The number of piperazine rings is 1. The molecule has 3 rings (SSSR count). The number of hydrogen-bond donors (Lipinski definition) is 1. The molecule has 0 aromatic heterocycles. The quantitative estimate of drug-likeness (QED) is 0.891. The molecule has 1 heterocycles. The van der Waals surface area contributed by atoms with Gasteiger partial charge in [0.05, 0.1) is 7.11 Å². The van der Waals surface area contributed by atoms with Gasteiger partial charge in [-0.25, -0.2) is 0 Å². The van der Waals surface area contributed by atoms with Crippen LogP contribution >= 0.6 is 0 Å². The predicted octanol–water partition coefficient (Wildman–Crippen LogP) is 3.40. The Bertz CT molecular complexity index is 540. The van der Waals surface area contributed by atoms with E-state index < -0.39 is 6.61 Å². The summed E-state index contributed by atoms with van der Waals surface area (Å²) < 4.78 is 34.6. The second-order valence-corrected chi connectivity index (χ2v) is 6.75. The molecule has 1 aliphatic heterocycles. The van der Waals surface area contributed by atoms with Crippen molar-refractivity contribution in [1.82, 2.24) is 10.2 Å². The molecule has 24 heavy (non-hydrogen) atoms. The number of nitrogens with zero attached hydrogens (tertiary/aromatic N) is 1. The third kappa shape index (κ3) is 3.81. The van der Waals surface area contributed by atoms with E-state index in [1.165, 1.54) is 39.2 Å². The molecule has 1 saturated carbocycles. The molecule has 0 atom stereocenters. The van der Waals surface area contributed by atoms with E-state index in [1.54, 1.807) is 6.07 Å². The highest BCUT2D eigenvalue weighted by Crippen LogP contribution is 2.36. The minimum atomic E-state index is -2.84. The molecule has 2 aliphatic rings. The van der Waals surface area contributed by atoms with Crippen molar-refractivity contribution < 1.29 is 18.3 Å². The number of rotatable bonds is 5. The Kier molecular flexibility index (Phi) is 5.56. The number of hydrogen-bond acceptors (Lipinski definition) is 4. The SMILES string of the molecule is COc1cc(CN2CCNCC23CCCCC3)ccc1OC(F)F. The van der Waals surface area contributed by atoms with Crippen molar-refractivity contribution in [1.29, 1.82) is 0 Å². The second-order valence-electron chi connectivity index (χ2n) is 6.75. The summed E-state index contributed by atoms with van der Waals surface area (Å²) in [6.07, 6.45) is 6.34. The molecule has 2 fully saturated rings. The average Bonchev–Trinajstić information content (AvgIpc) is 2.59. The van der Waals surface area contributed by atoms with Gasteiger partial charge in [-0.05, 0) is 30.5 Å². The van der Waals surface area contributed by atoms with Gasteiger partial charge in [0, 0.05) is 31.7 Å². The van der Waals surface area contributed by atoms with Crippen LogP contribution in [0.3, 0.4) is 0 Å². The second kappa shape index (κ2) is 7.66. The van der Waals surface area contributed by atoms with Crippen LogP contribution in [0.25, 0.3) is 0 Å². The first-order valence-corrected chi connectivity index (χ1v) is 8.70. The van der Waals surface area contributed by atoms with Crippen LogP contribution in [0.5, 0.6) is 11.5 Å². The van der Waals surface area contributed by atoms with Crippen LogP contribution in [-0.4, -0.2) is 43.8 Å². The van der Waals surface area contributed by atoms with E-state index in [9.17, 15) is 8.78 Å². The van der Waals surface area contributed by atoms with Crippen LogP contribution in [0.1, 0.15) is 37.7 Å². The van der Waals surface area contributed by atoms with E-state index in [1.807, 2.05) is 12.1 Å². The zero-order valence-electron chi connectivity index (χ0n) is 14.2. The molecular weight excluding hydrogens is 314 g/mol. The number of nitrogens with one attached hydrogen (secondary N) is 1. The maximum Gasteiger partial charge on any atom is 0.387 e. The first kappa shape index (κ1) is 17.4. The fourth-order valence-electron chi connectivity index (χ4n) is 4.06. The van der Waals surface area contributed by atoms with Crippen molar-refractivity contribution >= 4 is 0 Å². The molecule has 1 spiro atoms. The van der Waals surface area contributed by atoms with Gasteiger partial charge in [-0.1, -0.05) is 25.3 Å². The van der Waals surface area contributed by atoms with Crippen molar-refractivity contribution in [3.8, 4) is 11.5 Å². The minimum Gasteiger partial charge on any atom is -0.493 e. The largest absolute Gasteiger partial charge is 0.493 e. The zero-order valence-corrected chi connectivity index (χ0v) is 14.2. The number of methoxy groups -OCH3 is 1. The highest BCUT2D eigenvalue weighted by molar-refractivity contribution is 5.43. The molecule has 1 saturated heterocycles. The molecule has 0 bridgehead atoms. The number of ether oxygens (including phenoxy) is 2. The Morgan fingerprint density at radius 1 is 1.21 bits per heavy atom. The Balaban J connectivity index is 1.76. The number of benzene rings is 1. The average molecular weight is 340 g/mol. The van der Waals surface area contributed by atoms with Gasteiger partial charge in [0.15, 0.2) is 11.5 Å². The topological polar surface area (TPSA) is 33.7 Å².